The van der Waals surface area contributed by atoms with Crippen molar-refractivity contribution in [2.75, 3.05) is 5.75 Å². The van der Waals surface area contributed by atoms with Crippen LogP contribution in [0.3, 0.4) is 0 Å². The van der Waals surface area contributed by atoms with Crippen LogP contribution in [-0.2, 0) is 4.79 Å². The Labute approximate surface area is 191 Å². The van der Waals surface area contributed by atoms with Crippen molar-refractivity contribution in [3.8, 4) is 5.69 Å². The second kappa shape index (κ2) is 9.72. The van der Waals surface area contributed by atoms with Crippen molar-refractivity contribution >= 4 is 50.7 Å². The summed E-state index contributed by atoms with van der Waals surface area (Å²) in [7, 11) is 0. The van der Waals surface area contributed by atoms with E-state index in [-0.39, 0.29) is 17.2 Å². The van der Waals surface area contributed by atoms with Crippen molar-refractivity contribution in [2.24, 2.45) is 5.10 Å². The van der Waals surface area contributed by atoms with Gasteiger partial charge in [-0.15, -0.1) is 0 Å². The van der Waals surface area contributed by atoms with Gasteiger partial charge in [0, 0.05) is 4.47 Å². The maximum absolute atomic E-state index is 13.2. The van der Waals surface area contributed by atoms with Gasteiger partial charge in [-0.3, -0.25) is 14.2 Å². The Bertz CT molecular complexity index is 1300. The molecule has 1 heterocycles. The lowest BCUT2D eigenvalue weighted by atomic mass is 10.2. The first-order valence-electron chi connectivity index (χ1n) is 9.39. The van der Waals surface area contributed by atoms with Gasteiger partial charge in [0.1, 0.15) is 0 Å². The summed E-state index contributed by atoms with van der Waals surface area (Å²) in [5.74, 6) is -0.227. The highest BCUT2D eigenvalue weighted by Gasteiger charge is 2.14. The fourth-order valence-electron chi connectivity index (χ4n) is 2.91. The number of carbonyl (C=O) groups excluding carboxylic acids is 1. The Balaban J connectivity index is 1.58. The summed E-state index contributed by atoms with van der Waals surface area (Å²) in [6.07, 6.45) is 1.58. The van der Waals surface area contributed by atoms with E-state index in [1.54, 1.807) is 18.3 Å². The summed E-state index contributed by atoms with van der Waals surface area (Å²) in [4.78, 5) is 30.1. The Morgan fingerprint density at radius 2 is 1.74 bits per heavy atom. The minimum atomic E-state index is -0.290. The smallest absolute Gasteiger partial charge is 0.266 e. The number of benzene rings is 3. The highest BCUT2D eigenvalue weighted by atomic mass is 79.9. The predicted molar refractivity (Wildman–Crippen MR) is 128 cm³/mol. The number of aromatic nitrogens is 2. The normalized spacial score (nSPS) is 11.1. The summed E-state index contributed by atoms with van der Waals surface area (Å²) in [5, 5.41) is 4.94. The summed E-state index contributed by atoms with van der Waals surface area (Å²) in [6, 6.07) is 24.0. The lowest BCUT2D eigenvalue weighted by Gasteiger charge is -2.13. The van der Waals surface area contributed by atoms with Crippen molar-refractivity contribution in [3.63, 3.8) is 0 Å². The standard InChI is InChI=1S/C23H17BrN4O2S/c24-17-10-12-18(13-11-17)28-22(30)19-8-4-5-9-20(19)26-23(28)31-15-21(29)27-25-14-16-6-2-1-3-7-16/h1-14H,15H2,(H,27,29)/b25-14-. The molecule has 0 aliphatic rings. The van der Waals surface area contributed by atoms with Crippen LogP contribution in [0.2, 0.25) is 0 Å². The van der Waals surface area contributed by atoms with E-state index in [0.29, 0.717) is 21.7 Å². The number of carbonyl (C=O) groups is 1. The largest absolute Gasteiger partial charge is 0.272 e. The summed E-state index contributed by atoms with van der Waals surface area (Å²) in [6.45, 7) is 0. The van der Waals surface area contributed by atoms with Gasteiger partial charge in [0.05, 0.1) is 28.6 Å². The molecule has 1 N–H and O–H groups in total. The quantitative estimate of drug-likeness (QED) is 0.187. The highest BCUT2D eigenvalue weighted by Crippen LogP contribution is 2.22. The molecular formula is C23H17BrN4O2S. The van der Waals surface area contributed by atoms with Gasteiger partial charge < -0.3 is 0 Å². The fourth-order valence-corrected chi connectivity index (χ4v) is 3.98. The zero-order valence-corrected chi connectivity index (χ0v) is 18.6. The van der Waals surface area contributed by atoms with E-state index in [2.05, 4.69) is 31.4 Å². The van der Waals surface area contributed by atoms with Crippen molar-refractivity contribution in [2.45, 2.75) is 5.16 Å². The van der Waals surface area contributed by atoms with Gasteiger partial charge in [0.2, 0.25) is 0 Å². The van der Waals surface area contributed by atoms with E-state index in [0.717, 1.165) is 10.0 Å². The molecular weight excluding hydrogens is 476 g/mol. The number of rotatable bonds is 6. The number of nitrogens with zero attached hydrogens (tertiary/aromatic N) is 3. The summed E-state index contributed by atoms with van der Waals surface area (Å²) >= 11 is 4.59. The van der Waals surface area contributed by atoms with Gasteiger partial charge in [0.15, 0.2) is 5.16 Å². The van der Waals surface area contributed by atoms with Crippen molar-refractivity contribution in [3.05, 3.63) is 99.3 Å². The van der Waals surface area contributed by atoms with Crippen LogP contribution in [0.4, 0.5) is 0 Å². The van der Waals surface area contributed by atoms with Gasteiger partial charge in [-0.05, 0) is 42.0 Å². The number of hydrogen-bond acceptors (Lipinski definition) is 5. The Morgan fingerprint density at radius 1 is 1.03 bits per heavy atom. The van der Waals surface area contributed by atoms with Crippen molar-refractivity contribution in [1.82, 2.24) is 15.0 Å². The van der Waals surface area contributed by atoms with Crippen molar-refractivity contribution < 1.29 is 4.79 Å². The SMILES string of the molecule is O=C(CSc1nc2ccccc2c(=O)n1-c1ccc(Br)cc1)N/N=C\c1ccccc1. The first-order chi connectivity index (χ1) is 15.1. The first-order valence-corrected chi connectivity index (χ1v) is 11.2. The minimum absolute atomic E-state index is 0.0629. The zero-order chi connectivity index (χ0) is 21.6. The average molecular weight is 493 g/mol. The predicted octanol–water partition coefficient (Wildman–Crippen LogP) is 4.39. The summed E-state index contributed by atoms with van der Waals surface area (Å²) in [5.41, 5.74) is 4.48. The lowest BCUT2D eigenvalue weighted by molar-refractivity contribution is -0.118. The maximum atomic E-state index is 13.2. The fraction of sp³-hybridized carbons (Fsp3) is 0.0435. The number of nitrogens with one attached hydrogen (secondary N) is 1. The van der Waals surface area contributed by atoms with E-state index in [4.69, 9.17) is 0 Å². The van der Waals surface area contributed by atoms with Gasteiger partial charge in [-0.25, -0.2) is 10.4 Å². The molecule has 0 bridgehead atoms. The molecule has 0 fully saturated rings. The third-order valence-electron chi connectivity index (χ3n) is 4.36. The molecule has 31 heavy (non-hydrogen) atoms. The van der Waals surface area contributed by atoms with Crippen molar-refractivity contribution in [1.29, 1.82) is 0 Å². The third kappa shape index (κ3) is 5.10. The molecule has 0 saturated heterocycles. The van der Waals surface area contributed by atoms with Gasteiger partial charge in [0.25, 0.3) is 11.5 Å². The van der Waals surface area contributed by atoms with Crippen LogP contribution in [0.1, 0.15) is 5.56 Å². The van der Waals surface area contributed by atoms with Crippen LogP contribution in [0.25, 0.3) is 16.6 Å². The minimum Gasteiger partial charge on any atom is -0.272 e. The number of amides is 1. The van der Waals surface area contributed by atoms with E-state index in [9.17, 15) is 9.59 Å². The zero-order valence-electron chi connectivity index (χ0n) is 16.2. The highest BCUT2D eigenvalue weighted by molar-refractivity contribution is 9.10. The van der Waals surface area contributed by atoms with Crippen LogP contribution in [-0.4, -0.2) is 27.4 Å². The third-order valence-corrected chi connectivity index (χ3v) is 5.83. The van der Waals surface area contributed by atoms with Gasteiger partial charge in [-0.1, -0.05) is 70.2 Å². The Hall–Kier alpha value is -3.23. The molecule has 154 valence electrons. The number of para-hydroxylation sites is 1. The number of halogens is 1. The molecule has 1 amide bonds. The number of thioether (sulfide) groups is 1. The lowest BCUT2D eigenvalue weighted by Crippen LogP contribution is -2.24. The molecule has 0 atom stereocenters. The maximum Gasteiger partial charge on any atom is 0.266 e. The van der Waals surface area contributed by atoms with E-state index in [1.165, 1.54) is 16.3 Å². The topological polar surface area (TPSA) is 76.3 Å². The molecule has 0 unspecified atom stereocenters. The van der Waals surface area contributed by atoms with Crippen LogP contribution in [0.5, 0.6) is 0 Å². The number of hydrazone groups is 1. The van der Waals surface area contributed by atoms with Gasteiger partial charge in [-0.2, -0.15) is 5.10 Å². The Kier molecular flexibility index (Phi) is 6.59. The second-order valence-electron chi connectivity index (χ2n) is 6.52. The monoisotopic (exact) mass is 492 g/mol. The Morgan fingerprint density at radius 3 is 2.52 bits per heavy atom. The summed E-state index contributed by atoms with van der Waals surface area (Å²) < 4.78 is 2.43. The molecule has 4 rings (SSSR count). The number of hydrogen-bond donors (Lipinski definition) is 1. The first kappa shape index (κ1) is 21.0. The van der Waals surface area contributed by atoms with Gasteiger partial charge >= 0.3 is 0 Å². The molecule has 4 aromatic rings. The second-order valence-corrected chi connectivity index (χ2v) is 8.38. The molecule has 6 nitrogen and oxygen atoms in total. The molecule has 0 radical (unpaired) electrons. The molecule has 1 aromatic heterocycles. The molecule has 0 aliphatic carbocycles. The molecule has 0 spiro atoms. The van der Waals surface area contributed by atoms with Crippen LogP contribution in [0.15, 0.2) is 98.4 Å². The van der Waals surface area contributed by atoms with E-state index < -0.39 is 0 Å². The molecule has 0 saturated carbocycles. The molecule has 0 aliphatic heterocycles. The van der Waals surface area contributed by atoms with E-state index in [1.807, 2.05) is 66.7 Å². The van der Waals surface area contributed by atoms with E-state index >= 15 is 0 Å². The number of fused-ring (bicyclic) bond motifs is 1. The molecule has 3 aromatic carbocycles. The van der Waals surface area contributed by atoms with Crippen LogP contribution < -0.4 is 11.0 Å². The van der Waals surface area contributed by atoms with Crippen LogP contribution >= 0.6 is 27.7 Å². The average Bonchev–Trinajstić information content (AvgIpc) is 2.79. The van der Waals surface area contributed by atoms with Crippen LogP contribution in [0, 0.1) is 0 Å². The molecule has 8 heteroatoms.